The van der Waals surface area contributed by atoms with E-state index < -0.39 is 0 Å². The Morgan fingerprint density at radius 2 is 2.39 bits per heavy atom. The predicted molar refractivity (Wildman–Crippen MR) is 73.1 cm³/mol. The molecule has 1 aromatic heterocycles. The van der Waals surface area contributed by atoms with E-state index in [0.717, 1.165) is 32.5 Å². The maximum absolute atomic E-state index is 12.3. The number of piperidine rings is 1. The summed E-state index contributed by atoms with van der Waals surface area (Å²) in [5.41, 5.74) is 0.0208. The number of nitrogens with one attached hydrogen (secondary N) is 1. The highest BCUT2D eigenvalue weighted by atomic mass is 16.1. The van der Waals surface area contributed by atoms with Crippen LogP contribution in [-0.4, -0.2) is 35.2 Å². The van der Waals surface area contributed by atoms with Crippen LogP contribution in [0.5, 0.6) is 0 Å². The van der Waals surface area contributed by atoms with Crippen LogP contribution >= 0.6 is 0 Å². The van der Waals surface area contributed by atoms with Crippen molar-refractivity contribution < 1.29 is 0 Å². The van der Waals surface area contributed by atoms with Crippen LogP contribution in [0.2, 0.25) is 0 Å². The van der Waals surface area contributed by atoms with Crippen LogP contribution in [-0.2, 0) is 6.54 Å². The van der Waals surface area contributed by atoms with Gasteiger partial charge in [0, 0.05) is 38.1 Å². The zero-order chi connectivity index (χ0) is 13.0. The van der Waals surface area contributed by atoms with Gasteiger partial charge in [-0.15, -0.1) is 0 Å². The Hall–Kier alpha value is -1.36. The summed E-state index contributed by atoms with van der Waals surface area (Å²) >= 11 is 0. The summed E-state index contributed by atoms with van der Waals surface area (Å²) in [4.78, 5) is 18.7. The molecule has 1 atom stereocenters. The maximum Gasteiger partial charge on any atom is 0.293 e. The van der Waals surface area contributed by atoms with Crippen molar-refractivity contribution in [3.63, 3.8) is 0 Å². The minimum Gasteiger partial charge on any atom is -0.348 e. The van der Waals surface area contributed by atoms with Crippen LogP contribution in [0.3, 0.4) is 0 Å². The van der Waals surface area contributed by atoms with Gasteiger partial charge in [-0.2, -0.15) is 0 Å². The summed E-state index contributed by atoms with van der Waals surface area (Å²) in [5.74, 6) is 0.593. The molecule has 1 aliphatic rings. The number of likely N-dealkylation sites (N-methyl/N-ethyl adjacent to an activating group) is 1. The average Bonchev–Trinajstić information content (AvgIpc) is 2.43. The summed E-state index contributed by atoms with van der Waals surface area (Å²) in [6.07, 6.45) is 5.76. The van der Waals surface area contributed by atoms with E-state index in [1.807, 2.05) is 6.92 Å². The van der Waals surface area contributed by atoms with Crippen molar-refractivity contribution in [1.82, 2.24) is 14.9 Å². The number of aryl methyl sites for hydroxylation is 1. The van der Waals surface area contributed by atoms with E-state index in [9.17, 15) is 4.79 Å². The summed E-state index contributed by atoms with van der Waals surface area (Å²) in [7, 11) is 0. The number of rotatable bonds is 4. The normalized spacial score (nSPS) is 19.8. The van der Waals surface area contributed by atoms with Crippen molar-refractivity contribution in [3.8, 4) is 0 Å². The molecule has 1 saturated heterocycles. The van der Waals surface area contributed by atoms with Crippen LogP contribution in [0, 0.1) is 0 Å². The Bertz CT molecular complexity index is 437. The van der Waals surface area contributed by atoms with Gasteiger partial charge in [-0.3, -0.25) is 4.79 Å². The third kappa shape index (κ3) is 2.56. The van der Waals surface area contributed by atoms with Gasteiger partial charge in [0.05, 0.1) is 0 Å². The van der Waals surface area contributed by atoms with Crippen molar-refractivity contribution in [1.29, 1.82) is 0 Å². The maximum atomic E-state index is 12.3. The second-order valence-electron chi connectivity index (χ2n) is 4.63. The van der Waals surface area contributed by atoms with Gasteiger partial charge in [0.15, 0.2) is 5.82 Å². The van der Waals surface area contributed by atoms with E-state index in [1.165, 1.54) is 0 Å². The lowest BCUT2D eigenvalue weighted by Crippen LogP contribution is -2.48. The number of nitrogens with zero attached hydrogens (tertiary/aromatic N) is 3. The van der Waals surface area contributed by atoms with E-state index >= 15 is 0 Å². The average molecular weight is 250 g/mol. The van der Waals surface area contributed by atoms with E-state index in [2.05, 4.69) is 22.1 Å². The third-order valence-corrected chi connectivity index (χ3v) is 3.56. The Morgan fingerprint density at radius 1 is 1.56 bits per heavy atom. The van der Waals surface area contributed by atoms with Crippen molar-refractivity contribution in [2.75, 3.05) is 24.5 Å². The molecule has 0 aromatic carbocycles. The van der Waals surface area contributed by atoms with E-state index in [4.69, 9.17) is 0 Å². The molecule has 2 heterocycles. The number of hydrogen-bond acceptors (Lipinski definition) is 4. The van der Waals surface area contributed by atoms with Gasteiger partial charge in [0.1, 0.15) is 0 Å². The molecule has 1 fully saturated rings. The monoisotopic (exact) mass is 250 g/mol. The second-order valence-corrected chi connectivity index (χ2v) is 4.63. The predicted octanol–water partition coefficient (Wildman–Crippen LogP) is 0.841. The number of anilines is 1. The van der Waals surface area contributed by atoms with Crippen LogP contribution in [0.4, 0.5) is 5.82 Å². The lowest BCUT2D eigenvalue weighted by atomic mass is 10.1. The van der Waals surface area contributed by atoms with Gasteiger partial charge in [-0.25, -0.2) is 4.98 Å². The quantitative estimate of drug-likeness (QED) is 0.860. The minimum absolute atomic E-state index is 0.0208. The largest absolute Gasteiger partial charge is 0.348 e. The molecular formula is C13H22N4O. The van der Waals surface area contributed by atoms with Gasteiger partial charge in [-0.1, -0.05) is 0 Å². The molecule has 0 spiro atoms. The zero-order valence-corrected chi connectivity index (χ0v) is 11.2. The van der Waals surface area contributed by atoms with E-state index in [-0.39, 0.29) is 5.56 Å². The lowest BCUT2D eigenvalue weighted by Gasteiger charge is -2.34. The minimum atomic E-state index is 0.0208. The van der Waals surface area contributed by atoms with Crippen LogP contribution < -0.4 is 15.8 Å². The highest BCUT2D eigenvalue weighted by Crippen LogP contribution is 2.14. The molecule has 0 saturated carbocycles. The Balaban J connectivity index is 2.29. The molecule has 1 aromatic rings. The molecule has 1 unspecified atom stereocenters. The first-order valence-corrected chi connectivity index (χ1v) is 6.80. The summed E-state index contributed by atoms with van der Waals surface area (Å²) in [6, 6.07) is 0.386. The highest BCUT2D eigenvalue weighted by molar-refractivity contribution is 5.37. The molecule has 2 rings (SSSR count). The molecule has 0 aliphatic carbocycles. The van der Waals surface area contributed by atoms with Gasteiger partial charge >= 0.3 is 0 Å². The molecule has 100 valence electrons. The standard InChI is InChI=1S/C13H22N4O/c1-3-16-9-8-15-12(13(16)18)17(4-2)11-6-5-7-14-10-11/h8-9,11,14H,3-7,10H2,1-2H3. The zero-order valence-electron chi connectivity index (χ0n) is 11.2. The third-order valence-electron chi connectivity index (χ3n) is 3.56. The Labute approximate surface area is 108 Å². The van der Waals surface area contributed by atoms with Crippen LogP contribution in [0.15, 0.2) is 17.2 Å². The molecule has 5 nitrogen and oxygen atoms in total. The Morgan fingerprint density at radius 3 is 3.00 bits per heavy atom. The summed E-state index contributed by atoms with van der Waals surface area (Å²) in [6.45, 7) is 7.59. The Kier molecular flexibility index (Phi) is 4.36. The summed E-state index contributed by atoms with van der Waals surface area (Å²) < 4.78 is 1.71. The summed E-state index contributed by atoms with van der Waals surface area (Å²) in [5, 5.41) is 3.39. The van der Waals surface area contributed by atoms with Gasteiger partial charge in [0.25, 0.3) is 5.56 Å². The fourth-order valence-electron chi connectivity index (χ4n) is 2.56. The molecule has 0 radical (unpaired) electrons. The fourth-order valence-corrected chi connectivity index (χ4v) is 2.56. The van der Waals surface area contributed by atoms with Gasteiger partial charge in [-0.05, 0) is 33.2 Å². The van der Waals surface area contributed by atoms with E-state index in [1.54, 1.807) is 17.0 Å². The SMILES string of the molecule is CCN(c1nccn(CC)c1=O)C1CCCNC1. The first-order valence-electron chi connectivity index (χ1n) is 6.80. The number of hydrogen-bond donors (Lipinski definition) is 1. The molecule has 0 bridgehead atoms. The van der Waals surface area contributed by atoms with Gasteiger partial charge < -0.3 is 14.8 Å². The fraction of sp³-hybridized carbons (Fsp3) is 0.692. The topological polar surface area (TPSA) is 50.2 Å². The molecule has 1 aliphatic heterocycles. The van der Waals surface area contributed by atoms with Crippen molar-refractivity contribution >= 4 is 5.82 Å². The first kappa shape index (κ1) is 13.1. The smallest absolute Gasteiger partial charge is 0.293 e. The molecule has 0 amide bonds. The molecule has 18 heavy (non-hydrogen) atoms. The van der Waals surface area contributed by atoms with Crippen molar-refractivity contribution in [3.05, 3.63) is 22.7 Å². The lowest BCUT2D eigenvalue weighted by molar-refractivity contribution is 0.431. The molecular weight excluding hydrogens is 228 g/mol. The second kappa shape index (κ2) is 6.00. The van der Waals surface area contributed by atoms with Crippen LogP contribution in [0.1, 0.15) is 26.7 Å². The highest BCUT2D eigenvalue weighted by Gasteiger charge is 2.23. The van der Waals surface area contributed by atoms with E-state index in [0.29, 0.717) is 18.4 Å². The molecule has 5 heteroatoms. The van der Waals surface area contributed by atoms with Gasteiger partial charge in [0.2, 0.25) is 0 Å². The van der Waals surface area contributed by atoms with Crippen molar-refractivity contribution in [2.24, 2.45) is 0 Å². The molecule has 1 N–H and O–H groups in total. The first-order chi connectivity index (χ1) is 8.77. The van der Waals surface area contributed by atoms with Crippen molar-refractivity contribution in [2.45, 2.75) is 39.3 Å². The van der Waals surface area contributed by atoms with Crippen LogP contribution in [0.25, 0.3) is 0 Å². The number of aromatic nitrogens is 2.